The lowest BCUT2D eigenvalue weighted by atomic mass is 10.2. The van der Waals surface area contributed by atoms with Gasteiger partial charge in [0.2, 0.25) is 0 Å². The van der Waals surface area contributed by atoms with Gasteiger partial charge in [-0.15, -0.1) is 0 Å². The van der Waals surface area contributed by atoms with Crippen molar-refractivity contribution in [2.45, 2.75) is 32.4 Å². The van der Waals surface area contributed by atoms with E-state index in [1.165, 1.54) is 18.5 Å². The Bertz CT molecular complexity index is 260. The SMILES string of the molecule is CNCc1cncn1CCCCCOC. The molecule has 0 saturated heterocycles. The average Bonchev–Trinajstić information content (AvgIpc) is 2.66. The molecule has 0 unspecified atom stereocenters. The molecule has 4 heteroatoms. The van der Waals surface area contributed by atoms with Gasteiger partial charge in [-0.3, -0.25) is 0 Å². The zero-order valence-electron chi connectivity index (χ0n) is 9.70. The van der Waals surface area contributed by atoms with Crippen LogP contribution in [0.3, 0.4) is 0 Å². The molecule has 86 valence electrons. The molecule has 0 bridgehead atoms. The Morgan fingerprint density at radius 2 is 2.27 bits per heavy atom. The second-order valence-corrected chi connectivity index (χ2v) is 3.66. The Morgan fingerprint density at radius 1 is 1.40 bits per heavy atom. The Balaban J connectivity index is 2.21. The molecule has 1 rings (SSSR count). The monoisotopic (exact) mass is 211 g/mol. The quantitative estimate of drug-likeness (QED) is 0.661. The number of methoxy groups -OCH3 is 1. The maximum Gasteiger partial charge on any atom is 0.0948 e. The van der Waals surface area contributed by atoms with E-state index in [1.807, 2.05) is 19.6 Å². The van der Waals surface area contributed by atoms with Crippen molar-refractivity contribution in [3.63, 3.8) is 0 Å². The van der Waals surface area contributed by atoms with Gasteiger partial charge in [0.1, 0.15) is 0 Å². The summed E-state index contributed by atoms with van der Waals surface area (Å²) in [5.41, 5.74) is 1.25. The predicted molar refractivity (Wildman–Crippen MR) is 60.7 cm³/mol. The van der Waals surface area contributed by atoms with Crippen LogP contribution >= 0.6 is 0 Å². The Labute approximate surface area is 91.7 Å². The smallest absolute Gasteiger partial charge is 0.0948 e. The third kappa shape index (κ3) is 4.44. The predicted octanol–water partition coefficient (Wildman–Crippen LogP) is 1.42. The fourth-order valence-corrected chi connectivity index (χ4v) is 1.58. The highest BCUT2D eigenvalue weighted by atomic mass is 16.5. The molecule has 0 aliphatic carbocycles. The average molecular weight is 211 g/mol. The first kappa shape index (κ1) is 12.2. The van der Waals surface area contributed by atoms with Crippen molar-refractivity contribution in [2.75, 3.05) is 20.8 Å². The molecule has 1 N–H and O–H groups in total. The molecule has 0 fully saturated rings. The van der Waals surface area contributed by atoms with Crippen molar-refractivity contribution >= 4 is 0 Å². The molecule has 0 spiro atoms. The Hall–Kier alpha value is -0.870. The first-order chi connectivity index (χ1) is 7.38. The summed E-state index contributed by atoms with van der Waals surface area (Å²) >= 11 is 0. The minimum absolute atomic E-state index is 0.868. The highest BCUT2D eigenvalue weighted by Crippen LogP contribution is 2.03. The van der Waals surface area contributed by atoms with Gasteiger partial charge in [-0.1, -0.05) is 0 Å². The number of nitrogens with one attached hydrogen (secondary N) is 1. The summed E-state index contributed by atoms with van der Waals surface area (Å²) in [5, 5.41) is 3.14. The molecule has 0 aliphatic rings. The second-order valence-electron chi connectivity index (χ2n) is 3.66. The van der Waals surface area contributed by atoms with Crippen LogP contribution in [0.25, 0.3) is 0 Å². The van der Waals surface area contributed by atoms with Crippen molar-refractivity contribution in [3.8, 4) is 0 Å². The topological polar surface area (TPSA) is 39.1 Å². The summed E-state index contributed by atoms with van der Waals surface area (Å²) in [7, 11) is 3.71. The van der Waals surface area contributed by atoms with E-state index in [9.17, 15) is 0 Å². The maximum absolute atomic E-state index is 5.01. The van der Waals surface area contributed by atoms with Gasteiger partial charge in [-0.05, 0) is 26.3 Å². The van der Waals surface area contributed by atoms with Crippen LogP contribution in [0.1, 0.15) is 25.0 Å². The number of rotatable bonds is 8. The van der Waals surface area contributed by atoms with Gasteiger partial charge < -0.3 is 14.6 Å². The highest BCUT2D eigenvalue weighted by molar-refractivity contribution is 4.97. The molecule has 4 nitrogen and oxygen atoms in total. The summed E-state index contributed by atoms with van der Waals surface area (Å²) in [6.45, 7) is 2.81. The molecule has 0 radical (unpaired) electrons. The van der Waals surface area contributed by atoms with E-state index in [2.05, 4.69) is 14.9 Å². The number of ether oxygens (including phenoxy) is 1. The molecule has 0 saturated carbocycles. The van der Waals surface area contributed by atoms with E-state index in [1.54, 1.807) is 7.11 Å². The number of hydrogen-bond acceptors (Lipinski definition) is 3. The van der Waals surface area contributed by atoms with E-state index < -0.39 is 0 Å². The lowest BCUT2D eigenvalue weighted by Crippen LogP contribution is -2.11. The number of aryl methyl sites for hydroxylation is 1. The van der Waals surface area contributed by atoms with Crippen LogP contribution in [0.4, 0.5) is 0 Å². The van der Waals surface area contributed by atoms with Crippen LogP contribution in [0.15, 0.2) is 12.5 Å². The minimum atomic E-state index is 0.868. The summed E-state index contributed by atoms with van der Waals surface area (Å²) in [4.78, 5) is 4.15. The molecule has 0 atom stereocenters. The van der Waals surface area contributed by atoms with E-state index in [-0.39, 0.29) is 0 Å². The summed E-state index contributed by atoms with van der Waals surface area (Å²) in [6.07, 6.45) is 7.38. The molecule has 1 aromatic rings. The molecule has 0 aliphatic heterocycles. The van der Waals surface area contributed by atoms with Crippen molar-refractivity contribution < 1.29 is 4.74 Å². The van der Waals surface area contributed by atoms with E-state index in [4.69, 9.17) is 4.74 Å². The number of aromatic nitrogens is 2. The van der Waals surface area contributed by atoms with E-state index in [0.29, 0.717) is 0 Å². The van der Waals surface area contributed by atoms with Crippen molar-refractivity contribution in [1.29, 1.82) is 0 Å². The molecular formula is C11H21N3O. The normalized spacial score (nSPS) is 10.8. The van der Waals surface area contributed by atoms with Gasteiger partial charge >= 0.3 is 0 Å². The maximum atomic E-state index is 5.01. The fraction of sp³-hybridized carbons (Fsp3) is 0.727. The Morgan fingerprint density at radius 3 is 3.00 bits per heavy atom. The van der Waals surface area contributed by atoms with Gasteiger partial charge in [0.05, 0.1) is 12.0 Å². The standard InChI is InChI=1S/C11H21N3O/c1-12-8-11-9-13-10-14(11)6-4-3-5-7-15-2/h9-10,12H,3-8H2,1-2H3. The molecule has 1 aromatic heterocycles. The number of nitrogens with zero attached hydrogens (tertiary/aromatic N) is 2. The van der Waals surface area contributed by atoms with Gasteiger partial charge in [0, 0.05) is 33.0 Å². The zero-order chi connectivity index (χ0) is 10.9. The Kier molecular flexibility index (Phi) is 6.04. The lowest BCUT2D eigenvalue weighted by molar-refractivity contribution is 0.191. The zero-order valence-corrected chi connectivity index (χ0v) is 9.70. The summed E-state index contributed by atoms with van der Waals surface area (Å²) in [6, 6.07) is 0. The second kappa shape index (κ2) is 7.43. The van der Waals surface area contributed by atoms with Crippen molar-refractivity contribution in [1.82, 2.24) is 14.9 Å². The number of hydrogen-bond donors (Lipinski definition) is 1. The first-order valence-corrected chi connectivity index (χ1v) is 5.51. The summed E-state index contributed by atoms with van der Waals surface area (Å²) in [5.74, 6) is 0. The molecule has 15 heavy (non-hydrogen) atoms. The largest absolute Gasteiger partial charge is 0.385 e. The molecule has 0 amide bonds. The van der Waals surface area contributed by atoms with Gasteiger partial charge in [0.15, 0.2) is 0 Å². The molecule has 1 heterocycles. The van der Waals surface area contributed by atoms with Crippen LogP contribution in [0, 0.1) is 0 Å². The van der Waals surface area contributed by atoms with Crippen LogP contribution in [-0.4, -0.2) is 30.3 Å². The van der Waals surface area contributed by atoms with Crippen molar-refractivity contribution in [3.05, 3.63) is 18.2 Å². The van der Waals surface area contributed by atoms with E-state index in [0.717, 1.165) is 26.1 Å². The minimum Gasteiger partial charge on any atom is -0.385 e. The van der Waals surface area contributed by atoms with Crippen molar-refractivity contribution in [2.24, 2.45) is 0 Å². The number of imidazole rings is 1. The molecule has 0 aromatic carbocycles. The lowest BCUT2D eigenvalue weighted by Gasteiger charge is -2.07. The summed E-state index contributed by atoms with van der Waals surface area (Å²) < 4.78 is 7.22. The third-order valence-corrected chi connectivity index (χ3v) is 2.40. The van der Waals surface area contributed by atoms with Crippen LogP contribution in [-0.2, 0) is 17.8 Å². The fourth-order valence-electron chi connectivity index (χ4n) is 1.58. The highest BCUT2D eigenvalue weighted by Gasteiger charge is 1.99. The van der Waals surface area contributed by atoms with Crippen LogP contribution in [0.5, 0.6) is 0 Å². The van der Waals surface area contributed by atoms with Gasteiger partial charge in [-0.25, -0.2) is 4.98 Å². The van der Waals surface area contributed by atoms with Crippen LogP contribution in [0.2, 0.25) is 0 Å². The first-order valence-electron chi connectivity index (χ1n) is 5.51. The van der Waals surface area contributed by atoms with Gasteiger partial charge in [-0.2, -0.15) is 0 Å². The van der Waals surface area contributed by atoms with Gasteiger partial charge in [0.25, 0.3) is 0 Å². The molecular weight excluding hydrogens is 190 g/mol. The third-order valence-electron chi connectivity index (χ3n) is 2.40. The number of unbranched alkanes of at least 4 members (excludes halogenated alkanes) is 2. The van der Waals surface area contributed by atoms with E-state index >= 15 is 0 Å². The van der Waals surface area contributed by atoms with Crippen LogP contribution < -0.4 is 5.32 Å².